The van der Waals surface area contributed by atoms with Gasteiger partial charge in [-0.25, -0.2) is 13.9 Å². The topological polar surface area (TPSA) is 61.5 Å². The van der Waals surface area contributed by atoms with Crippen LogP contribution in [0.3, 0.4) is 0 Å². The monoisotopic (exact) mass is 572 g/mol. The second kappa shape index (κ2) is 11.0. The van der Waals surface area contributed by atoms with Crippen molar-refractivity contribution in [1.29, 1.82) is 0 Å². The van der Waals surface area contributed by atoms with E-state index in [1.807, 2.05) is 43.9 Å². The maximum atomic E-state index is 15.1. The standard InChI is InChI=1S/C34H41FN4O3/c1-23-17-24(2)31-28(12-16-38(31)32(40)42-33(3,4)5)29(23)18-26-11-15-37(20-34(35)21-41-22-34)19-30(26)25-7-9-27(10-8-25)39-14-6-13-36-39/h6-10,12-14,16-17,26,30H,11,15,18-22H2,1-5H3/t26-,30-/m0/s1. The molecule has 8 heteroatoms. The van der Waals surface area contributed by atoms with Gasteiger partial charge in [-0.3, -0.25) is 9.47 Å². The molecule has 222 valence electrons. The van der Waals surface area contributed by atoms with E-state index in [1.165, 1.54) is 16.7 Å². The molecule has 2 fully saturated rings. The summed E-state index contributed by atoms with van der Waals surface area (Å²) in [6.07, 6.45) is 7.04. The number of hydrogen-bond acceptors (Lipinski definition) is 5. The van der Waals surface area contributed by atoms with Crippen LogP contribution < -0.4 is 0 Å². The average molecular weight is 573 g/mol. The number of ether oxygens (including phenoxy) is 2. The van der Waals surface area contributed by atoms with E-state index in [-0.39, 0.29) is 25.2 Å². The van der Waals surface area contributed by atoms with Crippen LogP contribution in [0.15, 0.2) is 61.1 Å². The van der Waals surface area contributed by atoms with Crippen molar-refractivity contribution in [2.75, 3.05) is 32.8 Å². The van der Waals surface area contributed by atoms with E-state index >= 15 is 4.39 Å². The van der Waals surface area contributed by atoms with Crippen LogP contribution in [0.25, 0.3) is 16.6 Å². The highest BCUT2D eigenvalue weighted by atomic mass is 19.1. The van der Waals surface area contributed by atoms with Gasteiger partial charge in [0.1, 0.15) is 5.60 Å². The Morgan fingerprint density at radius 2 is 1.88 bits per heavy atom. The fourth-order valence-corrected chi connectivity index (χ4v) is 6.71. The van der Waals surface area contributed by atoms with E-state index in [2.05, 4.69) is 60.2 Å². The minimum Gasteiger partial charge on any atom is -0.443 e. The van der Waals surface area contributed by atoms with Gasteiger partial charge in [0.05, 0.1) is 24.4 Å². The summed E-state index contributed by atoms with van der Waals surface area (Å²) in [5.41, 5.74) is 4.91. The molecule has 2 aromatic carbocycles. The Hall–Kier alpha value is -3.49. The first-order valence-electron chi connectivity index (χ1n) is 14.9. The molecule has 0 spiro atoms. The van der Waals surface area contributed by atoms with Crippen molar-refractivity contribution < 1.29 is 18.7 Å². The normalized spacial score (nSPS) is 20.9. The summed E-state index contributed by atoms with van der Waals surface area (Å²) in [4.78, 5) is 15.4. The predicted octanol–water partition coefficient (Wildman–Crippen LogP) is 6.61. The largest absolute Gasteiger partial charge is 0.443 e. The molecule has 42 heavy (non-hydrogen) atoms. The third-order valence-electron chi connectivity index (χ3n) is 8.71. The summed E-state index contributed by atoms with van der Waals surface area (Å²) in [6.45, 7) is 12.3. The molecule has 0 radical (unpaired) electrons. The number of benzene rings is 2. The Labute approximate surface area is 247 Å². The highest BCUT2D eigenvalue weighted by Crippen LogP contribution is 2.39. The second-order valence-corrected chi connectivity index (χ2v) is 13.2. The third kappa shape index (κ3) is 5.75. The van der Waals surface area contributed by atoms with Gasteiger partial charge in [0.25, 0.3) is 0 Å². The number of likely N-dealkylation sites (tertiary alicyclic amines) is 1. The van der Waals surface area contributed by atoms with Crippen LogP contribution in [0, 0.1) is 19.8 Å². The van der Waals surface area contributed by atoms with Gasteiger partial charge in [-0.2, -0.15) is 5.10 Å². The average Bonchev–Trinajstić information content (AvgIpc) is 3.61. The van der Waals surface area contributed by atoms with E-state index < -0.39 is 11.3 Å². The van der Waals surface area contributed by atoms with Crippen molar-refractivity contribution in [1.82, 2.24) is 19.2 Å². The van der Waals surface area contributed by atoms with Crippen molar-refractivity contribution in [2.24, 2.45) is 5.92 Å². The van der Waals surface area contributed by atoms with Gasteiger partial charge in [0, 0.05) is 37.1 Å². The lowest BCUT2D eigenvalue weighted by molar-refractivity contribution is -0.143. The van der Waals surface area contributed by atoms with Gasteiger partial charge in [-0.1, -0.05) is 18.2 Å². The minimum atomic E-state index is -1.24. The van der Waals surface area contributed by atoms with E-state index in [0.29, 0.717) is 12.5 Å². The number of carbonyl (C=O) groups is 1. The van der Waals surface area contributed by atoms with Crippen LogP contribution in [0.2, 0.25) is 0 Å². The van der Waals surface area contributed by atoms with Crippen LogP contribution >= 0.6 is 0 Å². The molecular weight excluding hydrogens is 531 g/mol. The Morgan fingerprint density at radius 1 is 1.12 bits per heavy atom. The molecule has 0 amide bonds. The number of alkyl halides is 1. The molecule has 0 saturated carbocycles. The van der Waals surface area contributed by atoms with Crippen LogP contribution in [-0.4, -0.2) is 69.5 Å². The number of halogens is 1. The molecule has 4 heterocycles. The molecule has 2 aliphatic rings. The Balaban J connectivity index is 1.32. The number of carbonyl (C=O) groups excluding carboxylic acids is 1. The van der Waals surface area contributed by atoms with Gasteiger partial charge in [0.15, 0.2) is 5.67 Å². The summed E-state index contributed by atoms with van der Waals surface area (Å²) in [6, 6.07) is 14.8. The fourth-order valence-electron chi connectivity index (χ4n) is 6.71. The molecule has 0 unspecified atom stereocenters. The van der Waals surface area contributed by atoms with Crippen molar-refractivity contribution in [3.8, 4) is 5.69 Å². The van der Waals surface area contributed by atoms with E-state index in [4.69, 9.17) is 9.47 Å². The Bertz CT molecular complexity index is 1570. The maximum absolute atomic E-state index is 15.1. The number of hydrogen-bond donors (Lipinski definition) is 0. The smallest absolute Gasteiger partial charge is 0.418 e. The summed E-state index contributed by atoms with van der Waals surface area (Å²) >= 11 is 0. The van der Waals surface area contributed by atoms with Crippen LogP contribution in [0.4, 0.5) is 9.18 Å². The first-order valence-corrected chi connectivity index (χ1v) is 14.9. The molecule has 2 atom stereocenters. The summed E-state index contributed by atoms with van der Waals surface area (Å²) < 4.78 is 29.5. The van der Waals surface area contributed by atoms with Gasteiger partial charge in [-0.05, 0) is 112 Å². The molecule has 6 rings (SSSR count). The van der Waals surface area contributed by atoms with E-state index in [9.17, 15) is 4.79 Å². The highest BCUT2D eigenvalue weighted by Gasteiger charge is 2.42. The van der Waals surface area contributed by atoms with E-state index in [1.54, 1.807) is 10.8 Å². The summed E-state index contributed by atoms with van der Waals surface area (Å²) in [5, 5.41) is 5.47. The molecule has 0 bridgehead atoms. The molecule has 0 aliphatic carbocycles. The maximum Gasteiger partial charge on any atom is 0.418 e. The first kappa shape index (κ1) is 28.6. The van der Waals surface area contributed by atoms with Crippen molar-refractivity contribution >= 4 is 17.0 Å². The number of nitrogens with zero attached hydrogens (tertiary/aromatic N) is 4. The van der Waals surface area contributed by atoms with Crippen LogP contribution in [0.1, 0.15) is 55.4 Å². The lowest BCUT2D eigenvalue weighted by Gasteiger charge is -2.44. The van der Waals surface area contributed by atoms with E-state index in [0.717, 1.165) is 48.1 Å². The Morgan fingerprint density at radius 3 is 2.52 bits per heavy atom. The zero-order chi connectivity index (χ0) is 29.6. The fraction of sp³-hybridized carbons (Fsp3) is 0.471. The number of aryl methyl sites for hydroxylation is 2. The number of rotatable bonds is 6. The van der Waals surface area contributed by atoms with Crippen LogP contribution in [-0.2, 0) is 15.9 Å². The molecule has 2 aliphatic heterocycles. The minimum absolute atomic E-state index is 0.186. The van der Waals surface area contributed by atoms with Crippen LogP contribution in [0.5, 0.6) is 0 Å². The highest BCUT2D eigenvalue weighted by molar-refractivity contribution is 5.94. The quantitative estimate of drug-likeness (QED) is 0.260. The number of aromatic nitrogens is 3. The summed E-state index contributed by atoms with van der Waals surface area (Å²) in [7, 11) is 0. The molecule has 2 aromatic heterocycles. The van der Waals surface area contributed by atoms with Gasteiger partial charge < -0.3 is 9.47 Å². The second-order valence-electron chi connectivity index (χ2n) is 13.2. The lowest BCUT2D eigenvalue weighted by Crippen LogP contribution is -2.55. The number of piperidine rings is 1. The molecule has 7 nitrogen and oxygen atoms in total. The molecule has 4 aromatic rings. The number of fused-ring (bicyclic) bond motifs is 1. The van der Waals surface area contributed by atoms with Crippen molar-refractivity contribution in [2.45, 2.75) is 64.6 Å². The van der Waals surface area contributed by atoms with Gasteiger partial charge in [0.2, 0.25) is 0 Å². The van der Waals surface area contributed by atoms with Gasteiger partial charge >= 0.3 is 6.09 Å². The van der Waals surface area contributed by atoms with Crippen molar-refractivity contribution in [3.63, 3.8) is 0 Å². The summed E-state index contributed by atoms with van der Waals surface area (Å²) in [5.74, 6) is 0.596. The zero-order valence-electron chi connectivity index (χ0n) is 25.3. The van der Waals surface area contributed by atoms with Crippen molar-refractivity contribution in [3.05, 3.63) is 83.3 Å². The molecule has 0 N–H and O–H groups in total. The molecular formula is C34H41FN4O3. The van der Waals surface area contributed by atoms with Gasteiger partial charge in [-0.15, -0.1) is 0 Å². The third-order valence-corrected chi connectivity index (χ3v) is 8.71. The molecule has 2 saturated heterocycles. The Kier molecular flexibility index (Phi) is 7.48. The lowest BCUT2D eigenvalue weighted by atomic mass is 9.76. The predicted molar refractivity (Wildman–Crippen MR) is 162 cm³/mol. The zero-order valence-corrected chi connectivity index (χ0v) is 25.3. The first-order chi connectivity index (χ1) is 20.0. The SMILES string of the molecule is Cc1cc(C)c2c(ccn2C(=O)OC(C)(C)C)c1C[C@@H]1CCN(CC2(F)COC2)C[C@H]1c1ccc(-n2cccn2)cc1.